The van der Waals surface area contributed by atoms with Crippen molar-refractivity contribution in [3.05, 3.63) is 0 Å². The minimum atomic E-state index is -1.72. The lowest BCUT2D eigenvalue weighted by Gasteiger charge is -2.27. The summed E-state index contributed by atoms with van der Waals surface area (Å²) in [6.45, 7) is 6.81. The molecule has 0 aliphatic rings. The Morgan fingerprint density at radius 3 is 1.73 bits per heavy atom. The van der Waals surface area contributed by atoms with Crippen LogP contribution in [0.2, 0.25) is 0 Å². The molecule has 0 spiro atoms. The molecule has 13 nitrogen and oxygen atoms in total. The molecular formula is C20H34N4O9. The predicted octanol–water partition coefficient (Wildman–Crippen LogP) is -1.11. The third-order valence-electron chi connectivity index (χ3n) is 4.58. The average Bonchev–Trinajstić information content (AvgIpc) is 2.66. The summed E-state index contributed by atoms with van der Waals surface area (Å²) in [5, 5.41) is 33.7. The predicted molar refractivity (Wildman–Crippen MR) is 115 cm³/mol. The zero-order chi connectivity index (χ0) is 25.9. The van der Waals surface area contributed by atoms with Crippen LogP contribution in [-0.2, 0) is 28.8 Å². The standard InChI is InChI=1S/C20H34N4O9/c1-9(2)7-11(21)17(29)22-12(5-6-14(25)26)18(30)24-16(10(3)4)19(31)23-13(20(32)33)8-15(27)28/h9-13,16H,5-8,21H2,1-4H3,(H,22,29)(H,23,31)(H,24,30)(H,25,26)(H,27,28)(H,32,33). The second kappa shape index (κ2) is 14.0. The first kappa shape index (κ1) is 29.8. The van der Waals surface area contributed by atoms with E-state index in [2.05, 4.69) is 16.0 Å². The molecule has 188 valence electrons. The highest BCUT2D eigenvalue weighted by atomic mass is 16.4. The van der Waals surface area contributed by atoms with E-state index in [0.29, 0.717) is 6.42 Å². The normalized spacial score (nSPS) is 14.6. The van der Waals surface area contributed by atoms with Crippen LogP contribution in [0.1, 0.15) is 53.4 Å². The van der Waals surface area contributed by atoms with E-state index in [1.54, 1.807) is 13.8 Å². The molecule has 0 aliphatic heterocycles. The number of hydrogen-bond donors (Lipinski definition) is 7. The number of hydrogen-bond acceptors (Lipinski definition) is 7. The lowest BCUT2D eigenvalue weighted by Crippen LogP contribution is -2.58. The molecule has 0 aromatic heterocycles. The first-order valence-corrected chi connectivity index (χ1v) is 10.5. The lowest BCUT2D eigenvalue weighted by molar-refractivity contribution is -0.147. The molecule has 3 amide bonds. The number of carboxylic acid groups (broad SMARTS) is 3. The Bertz CT molecular complexity index is 739. The van der Waals surface area contributed by atoms with E-state index in [-0.39, 0.29) is 12.3 Å². The number of carboxylic acids is 3. The van der Waals surface area contributed by atoms with Crippen molar-refractivity contribution in [1.29, 1.82) is 0 Å². The molecule has 0 saturated carbocycles. The van der Waals surface area contributed by atoms with Crippen LogP contribution in [0, 0.1) is 11.8 Å². The quantitative estimate of drug-likeness (QED) is 0.151. The van der Waals surface area contributed by atoms with Gasteiger partial charge in [-0.25, -0.2) is 4.79 Å². The molecule has 0 saturated heterocycles. The van der Waals surface area contributed by atoms with E-state index in [9.17, 15) is 28.8 Å². The van der Waals surface area contributed by atoms with Crippen molar-refractivity contribution in [1.82, 2.24) is 16.0 Å². The first-order chi connectivity index (χ1) is 15.1. The SMILES string of the molecule is CC(C)CC(N)C(=O)NC(CCC(=O)O)C(=O)NC(C(=O)NC(CC(=O)O)C(=O)O)C(C)C. The van der Waals surface area contributed by atoms with Gasteiger partial charge in [0, 0.05) is 6.42 Å². The van der Waals surface area contributed by atoms with E-state index in [4.69, 9.17) is 21.1 Å². The fraction of sp³-hybridized carbons (Fsp3) is 0.700. The van der Waals surface area contributed by atoms with Crippen molar-refractivity contribution < 1.29 is 44.1 Å². The molecule has 4 atom stereocenters. The van der Waals surface area contributed by atoms with Crippen LogP contribution in [0.4, 0.5) is 0 Å². The van der Waals surface area contributed by atoms with Crippen molar-refractivity contribution in [3.8, 4) is 0 Å². The minimum absolute atomic E-state index is 0.0963. The maximum absolute atomic E-state index is 12.8. The summed E-state index contributed by atoms with van der Waals surface area (Å²) in [5.74, 6) is -7.12. The molecule has 0 aliphatic carbocycles. The number of nitrogens with one attached hydrogen (secondary N) is 3. The number of amides is 3. The van der Waals surface area contributed by atoms with Gasteiger partial charge in [-0.3, -0.25) is 24.0 Å². The number of carbonyl (C=O) groups is 6. The molecule has 0 fully saturated rings. The van der Waals surface area contributed by atoms with Gasteiger partial charge in [0.15, 0.2) is 0 Å². The maximum Gasteiger partial charge on any atom is 0.326 e. The highest BCUT2D eigenvalue weighted by Gasteiger charge is 2.32. The van der Waals surface area contributed by atoms with Gasteiger partial charge in [0.25, 0.3) is 0 Å². The first-order valence-electron chi connectivity index (χ1n) is 10.5. The maximum atomic E-state index is 12.8. The Labute approximate surface area is 191 Å². The number of aliphatic carboxylic acids is 3. The zero-order valence-electron chi connectivity index (χ0n) is 19.2. The van der Waals surface area contributed by atoms with Gasteiger partial charge >= 0.3 is 17.9 Å². The molecule has 0 aromatic carbocycles. The Morgan fingerprint density at radius 2 is 1.30 bits per heavy atom. The summed E-state index contributed by atoms with van der Waals surface area (Å²) in [6.07, 6.45) is -1.26. The van der Waals surface area contributed by atoms with Gasteiger partial charge < -0.3 is 37.0 Å². The average molecular weight is 475 g/mol. The van der Waals surface area contributed by atoms with Gasteiger partial charge in [-0.2, -0.15) is 0 Å². The fourth-order valence-electron chi connectivity index (χ4n) is 2.86. The topological polar surface area (TPSA) is 225 Å². The van der Waals surface area contributed by atoms with Crippen LogP contribution < -0.4 is 21.7 Å². The summed E-state index contributed by atoms with van der Waals surface area (Å²) >= 11 is 0. The third kappa shape index (κ3) is 11.8. The van der Waals surface area contributed by atoms with Gasteiger partial charge in [0.05, 0.1) is 12.5 Å². The lowest BCUT2D eigenvalue weighted by atomic mass is 10.0. The van der Waals surface area contributed by atoms with Gasteiger partial charge in [0.1, 0.15) is 18.1 Å². The third-order valence-corrected chi connectivity index (χ3v) is 4.58. The van der Waals surface area contributed by atoms with Crippen LogP contribution in [0.3, 0.4) is 0 Å². The van der Waals surface area contributed by atoms with Crippen LogP contribution in [0.5, 0.6) is 0 Å². The number of carbonyl (C=O) groups excluding carboxylic acids is 3. The highest BCUT2D eigenvalue weighted by Crippen LogP contribution is 2.08. The molecule has 0 aromatic rings. The molecule has 0 heterocycles. The molecule has 33 heavy (non-hydrogen) atoms. The van der Waals surface area contributed by atoms with Crippen molar-refractivity contribution in [3.63, 3.8) is 0 Å². The Hall–Kier alpha value is -3.22. The van der Waals surface area contributed by atoms with E-state index < -0.39 is 78.6 Å². The van der Waals surface area contributed by atoms with Gasteiger partial charge in [-0.05, 0) is 24.7 Å². The van der Waals surface area contributed by atoms with Gasteiger partial charge in [0.2, 0.25) is 17.7 Å². The molecule has 8 N–H and O–H groups in total. The monoisotopic (exact) mass is 474 g/mol. The summed E-state index contributed by atoms with van der Waals surface area (Å²) in [5.41, 5.74) is 5.82. The van der Waals surface area contributed by atoms with Gasteiger partial charge in [-0.15, -0.1) is 0 Å². The van der Waals surface area contributed by atoms with E-state index in [0.717, 1.165) is 0 Å². The molecule has 0 radical (unpaired) electrons. The smallest absolute Gasteiger partial charge is 0.326 e. The van der Waals surface area contributed by atoms with Crippen molar-refractivity contribution >= 4 is 35.6 Å². The Kier molecular flexibility index (Phi) is 12.7. The Morgan fingerprint density at radius 1 is 0.758 bits per heavy atom. The second-order valence-electron chi connectivity index (χ2n) is 8.46. The summed E-state index contributed by atoms with van der Waals surface area (Å²) in [6, 6.07) is -5.23. The largest absolute Gasteiger partial charge is 0.481 e. The second-order valence-corrected chi connectivity index (χ2v) is 8.46. The van der Waals surface area contributed by atoms with Crippen LogP contribution in [0.25, 0.3) is 0 Å². The molecule has 4 unspecified atom stereocenters. The van der Waals surface area contributed by atoms with Crippen molar-refractivity contribution in [2.75, 3.05) is 0 Å². The van der Waals surface area contributed by atoms with Crippen molar-refractivity contribution in [2.24, 2.45) is 17.6 Å². The highest BCUT2D eigenvalue weighted by molar-refractivity contribution is 5.94. The fourth-order valence-corrected chi connectivity index (χ4v) is 2.86. The molecular weight excluding hydrogens is 440 g/mol. The van der Waals surface area contributed by atoms with Gasteiger partial charge in [-0.1, -0.05) is 27.7 Å². The van der Waals surface area contributed by atoms with E-state index in [1.807, 2.05) is 13.8 Å². The summed E-state index contributed by atoms with van der Waals surface area (Å²) < 4.78 is 0. The minimum Gasteiger partial charge on any atom is -0.481 e. The number of nitrogens with two attached hydrogens (primary N) is 1. The van der Waals surface area contributed by atoms with Crippen LogP contribution in [-0.4, -0.2) is 75.1 Å². The molecule has 0 bridgehead atoms. The molecule has 13 heteroatoms. The zero-order valence-corrected chi connectivity index (χ0v) is 19.2. The van der Waals surface area contributed by atoms with E-state index >= 15 is 0 Å². The summed E-state index contributed by atoms with van der Waals surface area (Å²) in [7, 11) is 0. The van der Waals surface area contributed by atoms with Crippen LogP contribution in [0.15, 0.2) is 0 Å². The summed E-state index contributed by atoms with van der Waals surface area (Å²) in [4.78, 5) is 70.8. The number of rotatable bonds is 15. The molecule has 0 rings (SSSR count). The van der Waals surface area contributed by atoms with E-state index in [1.165, 1.54) is 0 Å². The Balaban J connectivity index is 5.50. The van der Waals surface area contributed by atoms with Crippen LogP contribution >= 0.6 is 0 Å². The van der Waals surface area contributed by atoms with Crippen molar-refractivity contribution in [2.45, 2.75) is 77.5 Å².